The van der Waals surface area contributed by atoms with Crippen molar-refractivity contribution in [3.8, 4) is 5.75 Å². The Morgan fingerprint density at radius 1 is 1.29 bits per heavy atom. The molecule has 0 radical (unpaired) electrons. The Morgan fingerprint density at radius 3 is 2.79 bits per heavy atom. The zero-order valence-electron chi connectivity index (χ0n) is 13.9. The van der Waals surface area contributed by atoms with E-state index in [0.29, 0.717) is 13.2 Å². The minimum absolute atomic E-state index is 0.0365. The maximum absolute atomic E-state index is 12.0. The SMILES string of the molecule is CCCCc1cc(=O)n(CC(=O)NCCOc2ccccc2)cn1. The second-order valence-corrected chi connectivity index (χ2v) is 5.46. The van der Waals surface area contributed by atoms with Crippen LogP contribution >= 0.6 is 0 Å². The van der Waals surface area contributed by atoms with E-state index in [1.165, 1.54) is 17.0 Å². The standard InChI is InChI=1S/C18H23N3O3/c1-2-3-7-15-12-18(23)21(14-20-15)13-17(22)19-10-11-24-16-8-5-4-6-9-16/h4-6,8-9,12,14H,2-3,7,10-11,13H2,1H3,(H,19,22). The summed E-state index contributed by atoms with van der Waals surface area (Å²) in [5.41, 5.74) is 0.571. The van der Waals surface area contributed by atoms with E-state index in [4.69, 9.17) is 4.74 Å². The van der Waals surface area contributed by atoms with Crippen molar-refractivity contribution in [2.24, 2.45) is 0 Å². The summed E-state index contributed by atoms with van der Waals surface area (Å²) < 4.78 is 6.80. The number of nitrogens with zero attached hydrogens (tertiary/aromatic N) is 2. The average molecular weight is 329 g/mol. The Hall–Kier alpha value is -2.63. The molecule has 24 heavy (non-hydrogen) atoms. The van der Waals surface area contributed by atoms with Crippen molar-refractivity contribution < 1.29 is 9.53 Å². The van der Waals surface area contributed by atoms with E-state index in [2.05, 4.69) is 17.2 Å². The number of hydrogen-bond donors (Lipinski definition) is 1. The Kier molecular flexibility index (Phi) is 7.01. The van der Waals surface area contributed by atoms with Gasteiger partial charge in [0.15, 0.2) is 0 Å². The van der Waals surface area contributed by atoms with Crippen LogP contribution in [0.25, 0.3) is 0 Å². The van der Waals surface area contributed by atoms with E-state index in [0.717, 1.165) is 30.7 Å². The molecular formula is C18H23N3O3. The van der Waals surface area contributed by atoms with Crippen molar-refractivity contribution >= 4 is 5.91 Å². The van der Waals surface area contributed by atoms with Crippen molar-refractivity contribution in [2.75, 3.05) is 13.2 Å². The van der Waals surface area contributed by atoms with Gasteiger partial charge in [-0.1, -0.05) is 31.5 Å². The maximum atomic E-state index is 12.0. The summed E-state index contributed by atoms with van der Waals surface area (Å²) in [6, 6.07) is 10.9. The molecule has 1 aromatic carbocycles. The first kappa shape index (κ1) is 17.7. The number of ether oxygens (including phenoxy) is 1. The normalized spacial score (nSPS) is 10.4. The van der Waals surface area contributed by atoms with Gasteiger partial charge in [-0.15, -0.1) is 0 Å². The highest BCUT2D eigenvalue weighted by Crippen LogP contribution is 2.07. The van der Waals surface area contributed by atoms with Crippen molar-refractivity contribution in [1.29, 1.82) is 0 Å². The van der Waals surface area contributed by atoms with Crippen LogP contribution in [-0.2, 0) is 17.8 Å². The summed E-state index contributed by atoms with van der Waals surface area (Å²) in [4.78, 5) is 28.1. The molecule has 2 aromatic rings. The number of para-hydroxylation sites is 1. The molecule has 0 saturated carbocycles. The molecule has 1 amide bonds. The van der Waals surface area contributed by atoms with Crippen LogP contribution in [0.5, 0.6) is 5.75 Å². The zero-order chi connectivity index (χ0) is 17.2. The van der Waals surface area contributed by atoms with Gasteiger partial charge in [0.1, 0.15) is 18.9 Å². The second-order valence-electron chi connectivity index (χ2n) is 5.46. The minimum Gasteiger partial charge on any atom is -0.492 e. The maximum Gasteiger partial charge on any atom is 0.253 e. The number of aryl methyl sites for hydroxylation is 1. The highest BCUT2D eigenvalue weighted by molar-refractivity contribution is 5.75. The van der Waals surface area contributed by atoms with Crippen molar-refractivity contribution in [3.63, 3.8) is 0 Å². The minimum atomic E-state index is -0.239. The van der Waals surface area contributed by atoms with Gasteiger partial charge in [-0.2, -0.15) is 0 Å². The van der Waals surface area contributed by atoms with Crippen molar-refractivity contribution in [1.82, 2.24) is 14.9 Å². The Morgan fingerprint density at radius 2 is 2.08 bits per heavy atom. The molecule has 0 fully saturated rings. The lowest BCUT2D eigenvalue weighted by Crippen LogP contribution is -2.34. The molecule has 0 unspecified atom stereocenters. The topological polar surface area (TPSA) is 73.2 Å². The number of benzene rings is 1. The van der Waals surface area contributed by atoms with Gasteiger partial charge in [0, 0.05) is 11.8 Å². The van der Waals surface area contributed by atoms with Gasteiger partial charge in [-0.05, 0) is 25.0 Å². The number of carbonyl (C=O) groups excluding carboxylic acids is 1. The number of aromatic nitrogens is 2. The number of amides is 1. The summed E-state index contributed by atoms with van der Waals surface area (Å²) >= 11 is 0. The molecule has 6 nitrogen and oxygen atoms in total. The van der Waals surface area contributed by atoms with Gasteiger partial charge in [0.2, 0.25) is 5.91 Å². The van der Waals surface area contributed by atoms with Crippen molar-refractivity contribution in [2.45, 2.75) is 32.7 Å². The van der Waals surface area contributed by atoms with Crippen LogP contribution in [0, 0.1) is 0 Å². The first-order valence-electron chi connectivity index (χ1n) is 8.19. The first-order chi connectivity index (χ1) is 11.7. The predicted molar refractivity (Wildman–Crippen MR) is 92.1 cm³/mol. The molecule has 0 aliphatic rings. The van der Waals surface area contributed by atoms with E-state index in [1.54, 1.807) is 0 Å². The van der Waals surface area contributed by atoms with E-state index in [9.17, 15) is 9.59 Å². The molecular weight excluding hydrogens is 306 g/mol. The van der Waals surface area contributed by atoms with Crippen LogP contribution in [0.2, 0.25) is 0 Å². The lowest BCUT2D eigenvalue weighted by Gasteiger charge is -2.09. The Balaban J connectivity index is 1.74. The molecule has 0 bridgehead atoms. The van der Waals surface area contributed by atoms with E-state index < -0.39 is 0 Å². The fourth-order valence-corrected chi connectivity index (χ4v) is 2.16. The molecule has 0 saturated heterocycles. The zero-order valence-corrected chi connectivity index (χ0v) is 13.9. The summed E-state index contributed by atoms with van der Waals surface area (Å²) in [6.45, 7) is 2.81. The predicted octanol–water partition coefficient (Wildman–Crippen LogP) is 1.78. The third-order valence-electron chi connectivity index (χ3n) is 3.47. The number of unbranched alkanes of at least 4 members (excludes halogenated alkanes) is 1. The molecule has 1 N–H and O–H groups in total. The quantitative estimate of drug-likeness (QED) is 0.712. The number of rotatable bonds is 9. The Labute approximate surface area is 141 Å². The van der Waals surface area contributed by atoms with Crippen molar-refractivity contribution in [3.05, 3.63) is 58.8 Å². The summed E-state index contributed by atoms with van der Waals surface area (Å²) in [5, 5.41) is 2.73. The fraction of sp³-hybridized carbons (Fsp3) is 0.389. The van der Waals surface area contributed by atoms with E-state index in [-0.39, 0.29) is 18.0 Å². The number of hydrogen-bond acceptors (Lipinski definition) is 4. The smallest absolute Gasteiger partial charge is 0.253 e. The van der Waals surface area contributed by atoms with Crippen LogP contribution in [0.3, 0.4) is 0 Å². The van der Waals surface area contributed by atoms with Gasteiger partial charge in [0.25, 0.3) is 5.56 Å². The molecule has 0 spiro atoms. The van der Waals surface area contributed by atoms with Gasteiger partial charge < -0.3 is 10.1 Å². The molecule has 0 atom stereocenters. The third-order valence-corrected chi connectivity index (χ3v) is 3.47. The highest BCUT2D eigenvalue weighted by Gasteiger charge is 2.05. The lowest BCUT2D eigenvalue weighted by molar-refractivity contribution is -0.121. The number of nitrogens with one attached hydrogen (secondary N) is 1. The average Bonchev–Trinajstić information content (AvgIpc) is 2.60. The van der Waals surface area contributed by atoms with Gasteiger partial charge in [-0.25, -0.2) is 4.98 Å². The van der Waals surface area contributed by atoms with Crippen LogP contribution < -0.4 is 15.6 Å². The third kappa shape index (κ3) is 5.87. The fourth-order valence-electron chi connectivity index (χ4n) is 2.16. The first-order valence-corrected chi connectivity index (χ1v) is 8.19. The van der Waals surface area contributed by atoms with Crippen LogP contribution in [-0.4, -0.2) is 28.6 Å². The van der Waals surface area contributed by atoms with Crippen LogP contribution in [0.1, 0.15) is 25.5 Å². The molecule has 128 valence electrons. The molecule has 1 heterocycles. The van der Waals surface area contributed by atoms with Crippen LogP contribution in [0.15, 0.2) is 47.5 Å². The Bertz CT molecular complexity index is 698. The number of carbonyl (C=O) groups is 1. The molecule has 6 heteroatoms. The summed E-state index contributed by atoms with van der Waals surface area (Å²) in [7, 11) is 0. The van der Waals surface area contributed by atoms with Gasteiger partial charge in [-0.3, -0.25) is 14.2 Å². The molecule has 2 rings (SSSR count). The molecule has 0 aliphatic carbocycles. The molecule has 0 aliphatic heterocycles. The summed E-state index contributed by atoms with van der Waals surface area (Å²) in [5.74, 6) is 0.520. The van der Waals surface area contributed by atoms with Crippen LogP contribution in [0.4, 0.5) is 0 Å². The monoisotopic (exact) mass is 329 g/mol. The lowest BCUT2D eigenvalue weighted by atomic mass is 10.2. The van der Waals surface area contributed by atoms with E-state index in [1.807, 2.05) is 30.3 Å². The van der Waals surface area contributed by atoms with E-state index >= 15 is 0 Å². The van der Waals surface area contributed by atoms with Gasteiger partial charge in [0.05, 0.1) is 12.9 Å². The largest absolute Gasteiger partial charge is 0.492 e. The second kappa shape index (κ2) is 9.50. The molecule has 1 aromatic heterocycles. The summed E-state index contributed by atoms with van der Waals surface area (Å²) in [6.07, 6.45) is 4.28. The van der Waals surface area contributed by atoms with Gasteiger partial charge >= 0.3 is 0 Å². The highest BCUT2D eigenvalue weighted by atomic mass is 16.5.